The van der Waals surface area contributed by atoms with E-state index < -0.39 is 9.04 Å². The van der Waals surface area contributed by atoms with Crippen LogP contribution >= 0.6 is 0 Å². The van der Waals surface area contributed by atoms with E-state index in [1.165, 1.54) is 12.1 Å². The normalized spacial score (nSPS) is 14.1. The van der Waals surface area contributed by atoms with Crippen molar-refractivity contribution in [2.75, 3.05) is 0 Å². The molecule has 0 aliphatic heterocycles. The highest BCUT2D eigenvalue weighted by molar-refractivity contribution is 6.51. The van der Waals surface area contributed by atoms with Crippen molar-refractivity contribution < 1.29 is 4.43 Å². The summed E-state index contributed by atoms with van der Waals surface area (Å²) in [6.07, 6.45) is 1.65. The van der Waals surface area contributed by atoms with Crippen LogP contribution in [-0.2, 0) is 4.43 Å². The lowest BCUT2D eigenvalue weighted by molar-refractivity contribution is 0.216. The molecule has 0 rings (SSSR count). The standard InChI is InChI=1S/C8H20OSi/c1-5-8(4)9-10(6-2)7-3/h8,10H,5-7H2,1-4H3. The highest BCUT2D eigenvalue weighted by Crippen LogP contribution is 2.05. The van der Waals surface area contributed by atoms with Crippen LogP contribution in [0.3, 0.4) is 0 Å². The van der Waals surface area contributed by atoms with Gasteiger partial charge in [0, 0.05) is 6.10 Å². The molecule has 62 valence electrons. The minimum absolute atomic E-state index is 0.497. The minimum atomic E-state index is -0.768. The molecule has 0 heterocycles. The molecule has 0 aliphatic rings. The zero-order valence-corrected chi connectivity index (χ0v) is 8.84. The predicted molar refractivity (Wildman–Crippen MR) is 48.9 cm³/mol. The molecule has 0 saturated carbocycles. The summed E-state index contributed by atoms with van der Waals surface area (Å²) < 4.78 is 5.84. The average molecular weight is 160 g/mol. The maximum absolute atomic E-state index is 5.84. The van der Waals surface area contributed by atoms with Crippen molar-refractivity contribution in [3.05, 3.63) is 0 Å². The number of hydrogen-bond acceptors (Lipinski definition) is 1. The molecule has 0 aliphatic carbocycles. The maximum Gasteiger partial charge on any atom is 0.176 e. The van der Waals surface area contributed by atoms with Gasteiger partial charge in [0.2, 0.25) is 0 Å². The first-order valence-corrected chi connectivity index (χ1v) is 6.50. The summed E-state index contributed by atoms with van der Waals surface area (Å²) in [5.41, 5.74) is 0. The monoisotopic (exact) mass is 160 g/mol. The molecule has 0 radical (unpaired) electrons. The Bertz CT molecular complexity index is 71.7. The molecule has 0 amide bonds. The Labute approximate surface area is 66.5 Å². The molecule has 0 saturated heterocycles. The minimum Gasteiger partial charge on any atom is -0.417 e. The molecule has 10 heavy (non-hydrogen) atoms. The summed E-state index contributed by atoms with van der Waals surface area (Å²) in [6, 6.07) is 2.56. The molecule has 0 aromatic rings. The van der Waals surface area contributed by atoms with Crippen molar-refractivity contribution in [1.82, 2.24) is 0 Å². The van der Waals surface area contributed by atoms with E-state index in [2.05, 4.69) is 27.7 Å². The third-order valence-corrected chi connectivity index (χ3v) is 4.58. The van der Waals surface area contributed by atoms with Gasteiger partial charge in [-0.3, -0.25) is 0 Å². The molecule has 0 spiro atoms. The molecule has 1 nitrogen and oxygen atoms in total. The first-order chi connectivity index (χ1) is 4.74. The van der Waals surface area contributed by atoms with E-state index in [4.69, 9.17) is 4.43 Å². The fourth-order valence-corrected chi connectivity index (χ4v) is 2.72. The van der Waals surface area contributed by atoms with Gasteiger partial charge in [0.1, 0.15) is 0 Å². The molecular weight excluding hydrogens is 140 g/mol. The first kappa shape index (κ1) is 10.2. The van der Waals surface area contributed by atoms with Gasteiger partial charge in [-0.1, -0.05) is 20.8 Å². The maximum atomic E-state index is 5.84. The van der Waals surface area contributed by atoms with Gasteiger partial charge in [-0.05, 0) is 25.4 Å². The van der Waals surface area contributed by atoms with Gasteiger partial charge in [-0.25, -0.2) is 0 Å². The third-order valence-electron chi connectivity index (χ3n) is 1.91. The van der Waals surface area contributed by atoms with Crippen LogP contribution in [0, 0.1) is 0 Å². The molecule has 0 fully saturated rings. The van der Waals surface area contributed by atoms with Crippen LogP contribution in [0.5, 0.6) is 0 Å². The molecule has 0 aromatic carbocycles. The zero-order valence-electron chi connectivity index (χ0n) is 7.68. The average Bonchev–Trinajstić information content (AvgIpc) is 1.99. The van der Waals surface area contributed by atoms with Gasteiger partial charge < -0.3 is 4.43 Å². The van der Waals surface area contributed by atoms with Crippen molar-refractivity contribution in [1.29, 1.82) is 0 Å². The molecule has 0 bridgehead atoms. The van der Waals surface area contributed by atoms with E-state index in [1.807, 2.05) is 0 Å². The van der Waals surface area contributed by atoms with E-state index in [9.17, 15) is 0 Å². The fourth-order valence-electron chi connectivity index (χ4n) is 0.906. The van der Waals surface area contributed by atoms with Gasteiger partial charge in [-0.2, -0.15) is 0 Å². The summed E-state index contributed by atoms with van der Waals surface area (Å²) in [5.74, 6) is 0. The lowest BCUT2D eigenvalue weighted by atomic mass is 10.3. The second-order valence-electron chi connectivity index (χ2n) is 2.79. The van der Waals surface area contributed by atoms with Gasteiger partial charge in [0.05, 0.1) is 0 Å². The summed E-state index contributed by atoms with van der Waals surface area (Å²) in [6.45, 7) is 8.83. The van der Waals surface area contributed by atoms with Gasteiger partial charge in [0.15, 0.2) is 9.04 Å². The van der Waals surface area contributed by atoms with Crippen LogP contribution in [0.15, 0.2) is 0 Å². The topological polar surface area (TPSA) is 9.23 Å². The Morgan fingerprint density at radius 1 is 1.20 bits per heavy atom. The summed E-state index contributed by atoms with van der Waals surface area (Å²) in [5, 5.41) is 0. The lowest BCUT2D eigenvalue weighted by Gasteiger charge is -2.17. The van der Waals surface area contributed by atoms with E-state index >= 15 is 0 Å². The fraction of sp³-hybridized carbons (Fsp3) is 1.00. The Hall–Kier alpha value is 0.177. The van der Waals surface area contributed by atoms with Crippen LogP contribution in [0.1, 0.15) is 34.1 Å². The van der Waals surface area contributed by atoms with Crippen LogP contribution in [0.25, 0.3) is 0 Å². The third kappa shape index (κ3) is 4.07. The molecule has 0 N–H and O–H groups in total. The van der Waals surface area contributed by atoms with Crippen LogP contribution in [0.4, 0.5) is 0 Å². The Kier molecular flexibility index (Phi) is 6.03. The molecule has 1 atom stereocenters. The van der Waals surface area contributed by atoms with Crippen molar-refractivity contribution in [2.24, 2.45) is 0 Å². The van der Waals surface area contributed by atoms with Crippen LogP contribution < -0.4 is 0 Å². The van der Waals surface area contributed by atoms with Crippen molar-refractivity contribution in [3.8, 4) is 0 Å². The molecule has 2 heteroatoms. The second-order valence-corrected chi connectivity index (χ2v) is 5.94. The highest BCUT2D eigenvalue weighted by Gasteiger charge is 2.08. The molecular formula is C8H20OSi. The molecule has 1 unspecified atom stereocenters. The molecule has 0 aromatic heterocycles. The number of hydrogen-bond donors (Lipinski definition) is 0. The largest absolute Gasteiger partial charge is 0.417 e. The highest BCUT2D eigenvalue weighted by atomic mass is 28.3. The summed E-state index contributed by atoms with van der Waals surface area (Å²) in [4.78, 5) is 0. The van der Waals surface area contributed by atoms with Gasteiger partial charge in [-0.15, -0.1) is 0 Å². The van der Waals surface area contributed by atoms with E-state index in [-0.39, 0.29) is 0 Å². The second kappa shape index (κ2) is 5.92. The SMILES string of the molecule is CCC(C)O[SiH](CC)CC. The summed E-state index contributed by atoms with van der Waals surface area (Å²) >= 11 is 0. The number of rotatable bonds is 5. The van der Waals surface area contributed by atoms with Crippen LogP contribution in [-0.4, -0.2) is 15.1 Å². The Balaban J connectivity index is 3.41. The summed E-state index contributed by atoms with van der Waals surface area (Å²) in [7, 11) is -0.768. The van der Waals surface area contributed by atoms with E-state index in [1.54, 1.807) is 0 Å². The van der Waals surface area contributed by atoms with Gasteiger partial charge in [0.25, 0.3) is 0 Å². The first-order valence-electron chi connectivity index (χ1n) is 4.39. The lowest BCUT2D eigenvalue weighted by Crippen LogP contribution is -2.21. The van der Waals surface area contributed by atoms with Crippen molar-refractivity contribution in [3.63, 3.8) is 0 Å². The van der Waals surface area contributed by atoms with Crippen molar-refractivity contribution in [2.45, 2.75) is 52.3 Å². The zero-order chi connectivity index (χ0) is 7.98. The quantitative estimate of drug-likeness (QED) is 0.562. The van der Waals surface area contributed by atoms with Crippen LogP contribution in [0.2, 0.25) is 12.1 Å². The Morgan fingerprint density at radius 3 is 2.00 bits per heavy atom. The van der Waals surface area contributed by atoms with E-state index in [0.29, 0.717) is 6.10 Å². The smallest absolute Gasteiger partial charge is 0.176 e. The predicted octanol–water partition coefficient (Wildman–Crippen LogP) is 2.57. The Morgan fingerprint density at radius 2 is 1.70 bits per heavy atom. The van der Waals surface area contributed by atoms with E-state index in [0.717, 1.165) is 6.42 Å². The van der Waals surface area contributed by atoms with Crippen molar-refractivity contribution >= 4 is 9.04 Å². The van der Waals surface area contributed by atoms with Gasteiger partial charge >= 0.3 is 0 Å².